The van der Waals surface area contributed by atoms with Crippen molar-refractivity contribution in [2.45, 2.75) is 33.2 Å². The molecular weight excluding hydrogens is 206 g/mol. The first-order chi connectivity index (χ1) is 7.65. The summed E-state index contributed by atoms with van der Waals surface area (Å²) in [6, 6.07) is 3.53. The van der Waals surface area contributed by atoms with Gasteiger partial charge in [-0.05, 0) is 32.4 Å². The average Bonchev–Trinajstić information content (AvgIpc) is 2.66. The van der Waals surface area contributed by atoms with E-state index in [1.165, 1.54) is 0 Å². The molecule has 0 aromatic carbocycles. The zero-order valence-corrected chi connectivity index (χ0v) is 9.73. The highest BCUT2D eigenvalue weighted by Crippen LogP contribution is 2.06. The molecule has 0 atom stereocenters. The van der Waals surface area contributed by atoms with Gasteiger partial charge in [0.05, 0.1) is 6.61 Å². The Balaban J connectivity index is 2.56. The van der Waals surface area contributed by atoms with Crippen LogP contribution in [-0.2, 0) is 16.1 Å². The Hall–Kier alpha value is -1.58. The summed E-state index contributed by atoms with van der Waals surface area (Å²) in [5, 5.41) is 0. The van der Waals surface area contributed by atoms with E-state index in [1.807, 2.05) is 10.8 Å². The molecule has 16 heavy (non-hydrogen) atoms. The molecule has 0 aliphatic heterocycles. The lowest BCUT2D eigenvalue weighted by molar-refractivity contribution is -0.117. The number of carbonyl (C=O) groups is 2. The summed E-state index contributed by atoms with van der Waals surface area (Å²) in [7, 11) is 0. The van der Waals surface area contributed by atoms with Crippen molar-refractivity contribution >= 4 is 11.8 Å². The lowest BCUT2D eigenvalue weighted by atomic mass is 10.2. The molecule has 0 N–H and O–H groups in total. The molecule has 0 bridgehead atoms. The molecule has 0 aliphatic carbocycles. The molecular formula is C12H17NO3. The van der Waals surface area contributed by atoms with E-state index in [2.05, 4.69) is 0 Å². The van der Waals surface area contributed by atoms with Gasteiger partial charge in [0.2, 0.25) is 0 Å². The van der Waals surface area contributed by atoms with Crippen molar-refractivity contribution in [1.29, 1.82) is 0 Å². The fraction of sp³-hybridized carbons (Fsp3) is 0.500. The van der Waals surface area contributed by atoms with Crippen LogP contribution in [0.5, 0.6) is 0 Å². The summed E-state index contributed by atoms with van der Waals surface area (Å²) in [4.78, 5) is 22.3. The van der Waals surface area contributed by atoms with Gasteiger partial charge in [-0.15, -0.1) is 0 Å². The number of aromatic nitrogens is 1. The second kappa shape index (κ2) is 6.10. The molecule has 1 rings (SSSR count). The van der Waals surface area contributed by atoms with Crippen molar-refractivity contribution in [3.63, 3.8) is 0 Å². The number of ketones is 1. The van der Waals surface area contributed by atoms with Crippen LogP contribution in [0.25, 0.3) is 0 Å². The van der Waals surface area contributed by atoms with Gasteiger partial charge in [-0.25, -0.2) is 4.79 Å². The van der Waals surface area contributed by atoms with E-state index in [9.17, 15) is 9.59 Å². The van der Waals surface area contributed by atoms with Crippen LogP contribution in [-0.4, -0.2) is 22.9 Å². The molecule has 1 aromatic rings. The van der Waals surface area contributed by atoms with Crippen LogP contribution >= 0.6 is 0 Å². The van der Waals surface area contributed by atoms with Crippen LogP contribution < -0.4 is 0 Å². The fourth-order valence-electron chi connectivity index (χ4n) is 1.50. The third kappa shape index (κ3) is 3.53. The molecule has 0 radical (unpaired) electrons. The van der Waals surface area contributed by atoms with Gasteiger partial charge in [0, 0.05) is 19.2 Å². The maximum atomic E-state index is 11.5. The van der Waals surface area contributed by atoms with Gasteiger partial charge in [-0.2, -0.15) is 0 Å². The zero-order chi connectivity index (χ0) is 12.0. The van der Waals surface area contributed by atoms with E-state index in [1.54, 1.807) is 26.0 Å². The Bertz CT molecular complexity index is 368. The predicted molar refractivity (Wildman–Crippen MR) is 60.3 cm³/mol. The first-order valence-electron chi connectivity index (χ1n) is 5.47. The number of Topliss-reactive ketones (excluding diaryl/α,β-unsaturated/α-hetero) is 1. The highest BCUT2D eigenvalue weighted by Gasteiger charge is 2.11. The number of nitrogens with zero attached hydrogens (tertiary/aromatic N) is 1. The maximum Gasteiger partial charge on any atom is 0.354 e. The van der Waals surface area contributed by atoms with E-state index in [-0.39, 0.29) is 11.8 Å². The van der Waals surface area contributed by atoms with Crippen LogP contribution in [0.3, 0.4) is 0 Å². The van der Waals surface area contributed by atoms with Crippen molar-refractivity contribution < 1.29 is 14.3 Å². The Morgan fingerprint density at radius 3 is 2.81 bits per heavy atom. The number of rotatable bonds is 6. The first kappa shape index (κ1) is 12.5. The van der Waals surface area contributed by atoms with Crippen LogP contribution in [0, 0.1) is 0 Å². The van der Waals surface area contributed by atoms with Crippen LogP contribution in [0.4, 0.5) is 0 Å². The highest BCUT2D eigenvalue weighted by molar-refractivity contribution is 5.87. The monoisotopic (exact) mass is 223 g/mol. The van der Waals surface area contributed by atoms with Crippen LogP contribution in [0.2, 0.25) is 0 Å². The molecule has 0 unspecified atom stereocenters. The van der Waals surface area contributed by atoms with Gasteiger partial charge in [-0.1, -0.05) is 0 Å². The standard InChI is InChI=1S/C12H17NO3/c1-3-16-12(15)11-7-5-9-13(11)8-4-6-10(2)14/h5,7,9H,3-4,6,8H2,1-2H3. The van der Waals surface area contributed by atoms with E-state index in [0.29, 0.717) is 25.3 Å². The number of carbonyl (C=O) groups excluding carboxylic acids is 2. The molecule has 4 heteroatoms. The first-order valence-corrected chi connectivity index (χ1v) is 5.47. The third-order valence-corrected chi connectivity index (χ3v) is 2.24. The summed E-state index contributed by atoms with van der Waals surface area (Å²) < 4.78 is 6.75. The minimum Gasteiger partial charge on any atom is -0.461 e. The molecule has 4 nitrogen and oxygen atoms in total. The second-order valence-electron chi connectivity index (χ2n) is 3.61. The quantitative estimate of drug-likeness (QED) is 0.693. The van der Waals surface area contributed by atoms with Crippen molar-refractivity contribution in [3.05, 3.63) is 24.0 Å². The summed E-state index contributed by atoms with van der Waals surface area (Å²) in [5.74, 6) is -0.139. The zero-order valence-electron chi connectivity index (χ0n) is 9.73. The van der Waals surface area contributed by atoms with Gasteiger partial charge < -0.3 is 14.1 Å². The molecule has 0 spiro atoms. The average molecular weight is 223 g/mol. The second-order valence-corrected chi connectivity index (χ2v) is 3.61. The lowest BCUT2D eigenvalue weighted by Gasteiger charge is -2.07. The van der Waals surface area contributed by atoms with Crippen molar-refractivity contribution in [1.82, 2.24) is 4.57 Å². The lowest BCUT2D eigenvalue weighted by Crippen LogP contribution is -2.12. The third-order valence-electron chi connectivity index (χ3n) is 2.24. The van der Waals surface area contributed by atoms with E-state index < -0.39 is 0 Å². The number of hydrogen-bond donors (Lipinski definition) is 0. The Labute approximate surface area is 95.2 Å². The molecule has 1 heterocycles. The molecule has 0 saturated heterocycles. The molecule has 88 valence electrons. The number of aryl methyl sites for hydroxylation is 1. The molecule has 0 amide bonds. The Morgan fingerprint density at radius 1 is 1.44 bits per heavy atom. The molecule has 0 aliphatic rings. The normalized spacial score (nSPS) is 10.1. The smallest absolute Gasteiger partial charge is 0.354 e. The largest absolute Gasteiger partial charge is 0.461 e. The SMILES string of the molecule is CCOC(=O)c1cccn1CCCC(C)=O. The van der Waals surface area contributed by atoms with Gasteiger partial charge >= 0.3 is 5.97 Å². The van der Waals surface area contributed by atoms with Gasteiger partial charge in [0.15, 0.2) is 0 Å². The van der Waals surface area contributed by atoms with E-state index >= 15 is 0 Å². The minimum atomic E-state index is -0.310. The fourth-order valence-corrected chi connectivity index (χ4v) is 1.50. The van der Waals surface area contributed by atoms with Crippen molar-refractivity contribution in [2.75, 3.05) is 6.61 Å². The van der Waals surface area contributed by atoms with Crippen molar-refractivity contribution in [3.8, 4) is 0 Å². The summed E-state index contributed by atoms with van der Waals surface area (Å²) in [6.07, 6.45) is 3.11. The summed E-state index contributed by atoms with van der Waals surface area (Å²) in [5.41, 5.74) is 0.547. The van der Waals surface area contributed by atoms with Crippen molar-refractivity contribution in [2.24, 2.45) is 0 Å². The summed E-state index contributed by atoms with van der Waals surface area (Å²) >= 11 is 0. The van der Waals surface area contributed by atoms with E-state index in [4.69, 9.17) is 4.74 Å². The van der Waals surface area contributed by atoms with Gasteiger partial charge in [0.1, 0.15) is 11.5 Å². The minimum absolute atomic E-state index is 0.171. The number of esters is 1. The Kier molecular flexibility index (Phi) is 4.76. The molecule has 0 saturated carbocycles. The number of hydrogen-bond acceptors (Lipinski definition) is 3. The molecule has 1 aromatic heterocycles. The van der Waals surface area contributed by atoms with E-state index in [0.717, 1.165) is 6.42 Å². The van der Waals surface area contributed by atoms with Gasteiger partial charge in [-0.3, -0.25) is 0 Å². The summed E-state index contributed by atoms with van der Waals surface area (Å²) in [6.45, 7) is 4.39. The topological polar surface area (TPSA) is 48.3 Å². The Morgan fingerprint density at radius 2 is 2.19 bits per heavy atom. The highest BCUT2D eigenvalue weighted by atomic mass is 16.5. The van der Waals surface area contributed by atoms with Gasteiger partial charge in [0.25, 0.3) is 0 Å². The molecule has 0 fully saturated rings. The predicted octanol–water partition coefficient (Wildman–Crippen LogP) is 2.03. The van der Waals surface area contributed by atoms with Crippen LogP contribution in [0.1, 0.15) is 37.2 Å². The maximum absolute atomic E-state index is 11.5. The van der Waals surface area contributed by atoms with Crippen LogP contribution in [0.15, 0.2) is 18.3 Å². The number of ether oxygens (including phenoxy) is 1.